The summed E-state index contributed by atoms with van der Waals surface area (Å²) in [5.41, 5.74) is 6.48. The highest BCUT2D eigenvalue weighted by Crippen LogP contribution is 2.43. The molecule has 0 atom stereocenters. The first-order chi connectivity index (χ1) is 16.7. The molecule has 1 spiro atoms. The number of carbonyl (C=O) groups excluding carboxylic acids is 1. The number of allylic oxidation sites excluding steroid dienone is 1. The zero-order valence-electron chi connectivity index (χ0n) is 20.6. The van der Waals surface area contributed by atoms with Gasteiger partial charge in [-0.15, -0.1) is 0 Å². The number of rotatable bonds is 3. The second kappa shape index (κ2) is 9.23. The number of carbonyl (C=O) groups is 1. The molecule has 1 aliphatic heterocycles. The molecule has 34 heavy (non-hydrogen) atoms. The van der Waals surface area contributed by atoms with Crippen LogP contribution in [0.4, 0.5) is 0 Å². The van der Waals surface area contributed by atoms with Gasteiger partial charge in [0.2, 0.25) is 5.91 Å². The van der Waals surface area contributed by atoms with Crippen molar-refractivity contribution in [3.8, 4) is 0 Å². The lowest BCUT2D eigenvalue weighted by Crippen LogP contribution is -2.40. The van der Waals surface area contributed by atoms with Crippen LogP contribution in [0.3, 0.4) is 0 Å². The number of benzene rings is 3. The molecule has 0 saturated carbocycles. The SMILES string of the molecule is CC.CCC(=O)n1c2ccccc2c2cc(CN3CCC4(C=Cc5ccccc54)CC3)ccc21. The minimum absolute atomic E-state index is 0.148. The lowest BCUT2D eigenvalue weighted by molar-refractivity contribution is 0.0919. The molecule has 3 heteroatoms. The van der Waals surface area contributed by atoms with Crippen molar-refractivity contribution in [3.05, 3.63) is 89.5 Å². The molecule has 3 nitrogen and oxygen atoms in total. The number of hydrogen-bond acceptors (Lipinski definition) is 2. The first-order valence-electron chi connectivity index (χ1n) is 12.7. The highest BCUT2D eigenvalue weighted by molar-refractivity contribution is 6.13. The van der Waals surface area contributed by atoms with Gasteiger partial charge in [-0.3, -0.25) is 14.3 Å². The Kier molecular flexibility index (Phi) is 6.14. The van der Waals surface area contributed by atoms with Gasteiger partial charge < -0.3 is 0 Å². The summed E-state index contributed by atoms with van der Waals surface area (Å²) < 4.78 is 1.89. The molecule has 174 valence electrons. The first-order valence-corrected chi connectivity index (χ1v) is 12.7. The zero-order valence-corrected chi connectivity index (χ0v) is 20.6. The van der Waals surface area contributed by atoms with Crippen LogP contribution in [0.15, 0.2) is 72.8 Å². The highest BCUT2D eigenvalue weighted by Gasteiger charge is 2.37. The van der Waals surface area contributed by atoms with Gasteiger partial charge in [0.15, 0.2) is 0 Å². The smallest absolute Gasteiger partial charge is 0.231 e. The summed E-state index contributed by atoms with van der Waals surface area (Å²) in [4.78, 5) is 15.2. The average Bonchev–Trinajstić information content (AvgIpc) is 3.42. The maximum absolute atomic E-state index is 12.7. The summed E-state index contributed by atoms with van der Waals surface area (Å²) in [5, 5.41) is 2.34. The molecule has 1 fully saturated rings. The van der Waals surface area contributed by atoms with E-state index in [1.165, 1.54) is 34.9 Å². The summed E-state index contributed by atoms with van der Waals surface area (Å²) in [5.74, 6) is 0.148. The fraction of sp³-hybridized carbons (Fsp3) is 0.323. The minimum atomic E-state index is 0.148. The van der Waals surface area contributed by atoms with E-state index in [0.717, 1.165) is 36.1 Å². The number of piperidine rings is 1. The molecule has 0 amide bonds. The van der Waals surface area contributed by atoms with Crippen molar-refractivity contribution < 1.29 is 4.79 Å². The molecule has 0 N–H and O–H groups in total. The predicted molar refractivity (Wildman–Crippen MR) is 143 cm³/mol. The second-order valence-corrected chi connectivity index (χ2v) is 9.30. The number of hydrogen-bond donors (Lipinski definition) is 0. The molecular formula is C31H34N2O. The van der Waals surface area contributed by atoms with Crippen LogP contribution in [0, 0.1) is 0 Å². The topological polar surface area (TPSA) is 25.2 Å². The van der Waals surface area contributed by atoms with E-state index in [4.69, 9.17) is 0 Å². The van der Waals surface area contributed by atoms with E-state index in [0.29, 0.717) is 6.42 Å². The Hall–Kier alpha value is -3.17. The van der Waals surface area contributed by atoms with Crippen molar-refractivity contribution >= 4 is 33.8 Å². The van der Waals surface area contributed by atoms with Crippen molar-refractivity contribution in [1.29, 1.82) is 0 Å². The second-order valence-electron chi connectivity index (χ2n) is 9.30. The molecule has 4 aromatic rings. The third-order valence-corrected chi connectivity index (χ3v) is 7.52. The Labute approximate surface area is 202 Å². The zero-order chi connectivity index (χ0) is 23.7. The maximum atomic E-state index is 12.7. The van der Waals surface area contributed by atoms with Crippen LogP contribution in [-0.2, 0) is 12.0 Å². The molecule has 1 aliphatic carbocycles. The molecule has 2 heterocycles. The number of nitrogens with zero attached hydrogens (tertiary/aromatic N) is 2. The van der Waals surface area contributed by atoms with E-state index in [1.807, 2.05) is 31.4 Å². The molecule has 0 radical (unpaired) electrons. The molecular weight excluding hydrogens is 416 g/mol. The van der Waals surface area contributed by atoms with Gasteiger partial charge >= 0.3 is 0 Å². The van der Waals surface area contributed by atoms with Crippen molar-refractivity contribution in [2.75, 3.05) is 13.1 Å². The molecule has 3 aromatic carbocycles. The fourth-order valence-electron chi connectivity index (χ4n) is 5.78. The highest BCUT2D eigenvalue weighted by atomic mass is 16.2. The number of aromatic nitrogens is 1. The Bertz CT molecular complexity index is 1370. The normalized spacial score (nSPS) is 16.6. The van der Waals surface area contributed by atoms with Gasteiger partial charge in [-0.05, 0) is 60.8 Å². The largest absolute Gasteiger partial charge is 0.299 e. The van der Waals surface area contributed by atoms with E-state index in [9.17, 15) is 4.79 Å². The van der Waals surface area contributed by atoms with Crippen molar-refractivity contribution in [1.82, 2.24) is 9.47 Å². The summed E-state index contributed by atoms with van der Waals surface area (Å²) >= 11 is 0. The quantitative estimate of drug-likeness (QED) is 0.324. The number of para-hydroxylation sites is 1. The Morgan fingerprint density at radius 3 is 2.38 bits per heavy atom. The van der Waals surface area contributed by atoms with Crippen molar-refractivity contribution in [3.63, 3.8) is 0 Å². The molecule has 0 bridgehead atoms. The van der Waals surface area contributed by atoms with E-state index >= 15 is 0 Å². The van der Waals surface area contributed by atoms with Crippen LogP contribution >= 0.6 is 0 Å². The number of likely N-dealkylation sites (tertiary alicyclic amines) is 1. The van der Waals surface area contributed by atoms with Crippen LogP contribution in [0.2, 0.25) is 0 Å². The van der Waals surface area contributed by atoms with Crippen LogP contribution in [0.25, 0.3) is 27.9 Å². The Morgan fingerprint density at radius 1 is 0.882 bits per heavy atom. The van der Waals surface area contributed by atoms with Gasteiger partial charge in [-0.25, -0.2) is 0 Å². The van der Waals surface area contributed by atoms with Gasteiger partial charge in [0.1, 0.15) is 0 Å². The third kappa shape index (κ3) is 3.69. The molecule has 2 aliphatic rings. The first kappa shape index (κ1) is 22.6. The standard InChI is InChI=1S/C29H28N2O.C2H6/c1-2-28(32)31-26-10-6-4-8-23(26)24-19-21(11-12-27(24)31)20-30-17-15-29(16-18-30)14-13-22-7-3-5-9-25(22)29;1-2/h3-14,19H,2,15-18,20H2,1H3;1-2H3. The predicted octanol–water partition coefficient (Wildman–Crippen LogP) is 7.43. The fourth-order valence-corrected chi connectivity index (χ4v) is 5.78. The van der Waals surface area contributed by atoms with Crippen LogP contribution in [0.5, 0.6) is 0 Å². The summed E-state index contributed by atoms with van der Waals surface area (Å²) in [6.07, 6.45) is 7.61. The lowest BCUT2D eigenvalue weighted by Gasteiger charge is -2.39. The van der Waals surface area contributed by atoms with E-state index in [-0.39, 0.29) is 11.3 Å². The van der Waals surface area contributed by atoms with Crippen LogP contribution < -0.4 is 0 Å². The van der Waals surface area contributed by atoms with Gasteiger partial charge in [-0.2, -0.15) is 0 Å². The summed E-state index contributed by atoms with van der Waals surface area (Å²) in [7, 11) is 0. The summed E-state index contributed by atoms with van der Waals surface area (Å²) in [6, 6.07) is 23.8. The van der Waals surface area contributed by atoms with Gasteiger partial charge in [0, 0.05) is 29.2 Å². The van der Waals surface area contributed by atoms with Gasteiger partial charge in [0.05, 0.1) is 11.0 Å². The molecule has 1 aromatic heterocycles. The van der Waals surface area contributed by atoms with E-state index in [1.54, 1.807) is 0 Å². The molecule has 1 saturated heterocycles. The van der Waals surface area contributed by atoms with Gasteiger partial charge in [0.25, 0.3) is 0 Å². The maximum Gasteiger partial charge on any atom is 0.231 e. The van der Waals surface area contributed by atoms with Crippen molar-refractivity contribution in [2.45, 2.75) is 52.0 Å². The minimum Gasteiger partial charge on any atom is -0.299 e. The lowest BCUT2D eigenvalue weighted by atomic mass is 9.74. The Morgan fingerprint density at radius 2 is 1.59 bits per heavy atom. The molecule has 6 rings (SSSR count). The van der Waals surface area contributed by atoms with Crippen molar-refractivity contribution in [2.24, 2.45) is 0 Å². The van der Waals surface area contributed by atoms with Gasteiger partial charge in [-0.1, -0.05) is 81.5 Å². The monoisotopic (exact) mass is 450 g/mol. The van der Waals surface area contributed by atoms with Crippen LogP contribution in [0.1, 0.15) is 61.5 Å². The average molecular weight is 451 g/mol. The third-order valence-electron chi connectivity index (χ3n) is 7.52. The van der Waals surface area contributed by atoms with E-state index in [2.05, 4.69) is 77.7 Å². The Balaban J connectivity index is 0.00000117. The summed E-state index contributed by atoms with van der Waals surface area (Å²) in [6.45, 7) is 9.09. The van der Waals surface area contributed by atoms with Crippen LogP contribution in [-0.4, -0.2) is 28.5 Å². The van der Waals surface area contributed by atoms with E-state index < -0.39 is 0 Å². The number of fused-ring (bicyclic) bond motifs is 5. The molecule has 0 unspecified atom stereocenters.